The van der Waals surface area contributed by atoms with Crippen molar-refractivity contribution in [2.45, 2.75) is 0 Å². The van der Waals surface area contributed by atoms with Crippen LogP contribution in [-0.4, -0.2) is 15.0 Å². The van der Waals surface area contributed by atoms with Gasteiger partial charge in [-0.05, 0) is 35.0 Å². The number of hydrogen-bond acceptors (Lipinski definition) is 6. The fourth-order valence-corrected chi connectivity index (χ4v) is 3.96. The minimum Gasteiger partial charge on any atom is -0.389 e. The summed E-state index contributed by atoms with van der Waals surface area (Å²) in [6.45, 7) is 0. The lowest BCUT2D eigenvalue weighted by atomic mass is 10.2. The average molecular weight is 354 g/mol. The predicted octanol–water partition coefficient (Wildman–Crippen LogP) is 4.10. The average Bonchev–Trinajstić information content (AvgIpc) is 3.23. The molecular formula is C16H10N4S3. The van der Waals surface area contributed by atoms with Gasteiger partial charge in [0.15, 0.2) is 0 Å². The summed E-state index contributed by atoms with van der Waals surface area (Å²) in [5.74, 6) is 0. The van der Waals surface area contributed by atoms with Gasteiger partial charge >= 0.3 is 0 Å². The van der Waals surface area contributed by atoms with Crippen molar-refractivity contribution >= 4 is 60.3 Å². The van der Waals surface area contributed by atoms with E-state index in [4.69, 9.17) is 23.2 Å². The predicted molar refractivity (Wildman–Crippen MR) is 99.8 cm³/mol. The maximum Gasteiger partial charge on any atom is 0.105 e. The SMILES string of the molecule is N#Cc1ccnc2ccsc12.NC(=S)c1ccnc2ccsc12. The summed E-state index contributed by atoms with van der Waals surface area (Å²) >= 11 is 8.08. The van der Waals surface area contributed by atoms with Crippen LogP contribution in [0.3, 0.4) is 0 Å². The van der Waals surface area contributed by atoms with E-state index in [1.165, 1.54) is 0 Å². The van der Waals surface area contributed by atoms with Gasteiger partial charge in [-0.3, -0.25) is 9.97 Å². The number of nitrogens with two attached hydrogens (primary N) is 1. The maximum atomic E-state index is 8.68. The fourth-order valence-electron chi connectivity index (χ4n) is 2.03. The zero-order chi connectivity index (χ0) is 16.2. The van der Waals surface area contributed by atoms with E-state index in [1.807, 2.05) is 29.0 Å². The number of rotatable bonds is 1. The van der Waals surface area contributed by atoms with Gasteiger partial charge in [-0.25, -0.2) is 0 Å². The number of fused-ring (bicyclic) bond motifs is 2. The molecule has 112 valence electrons. The summed E-state index contributed by atoms with van der Waals surface area (Å²) < 4.78 is 2.06. The number of nitrogens with zero attached hydrogens (tertiary/aromatic N) is 3. The van der Waals surface area contributed by atoms with Crippen molar-refractivity contribution in [3.63, 3.8) is 0 Å². The first-order valence-electron chi connectivity index (χ1n) is 6.55. The molecule has 4 nitrogen and oxygen atoms in total. The van der Waals surface area contributed by atoms with E-state index < -0.39 is 0 Å². The first-order valence-corrected chi connectivity index (χ1v) is 8.72. The summed E-state index contributed by atoms with van der Waals surface area (Å²) in [6, 6.07) is 9.59. The van der Waals surface area contributed by atoms with Crippen LogP contribution < -0.4 is 5.73 Å². The van der Waals surface area contributed by atoms with Crippen LogP contribution in [0.4, 0.5) is 0 Å². The van der Waals surface area contributed by atoms with Crippen LogP contribution in [0.25, 0.3) is 20.4 Å². The third-order valence-corrected chi connectivity index (χ3v) is 5.17. The van der Waals surface area contributed by atoms with Gasteiger partial charge < -0.3 is 5.73 Å². The second kappa shape index (κ2) is 6.79. The molecule has 0 spiro atoms. The highest BCUT2D eigenvalue weighted by Crippen LogP contribution is 2.22. The molecule has 0 radical (unpaired) electrons. The molecule has 0 bridgehead atoms. The van der Waals surface area contributed by atoms with Crippen molar-refractivity contribution in [3.8, 4) is 6.07 Å². The largest absolute Gasteiger partial charge is 0.389 e. The number of aromatic nitrogens is 2. The molecule has 4 aromatic rings. The van der Waals surface area contributed by atoms with Crippen LogP contribution in [0.1, 0.15) is 11.1 Å². The van der Waals surface area contributed by atoms with Crippen molar-refractivity contribution in [1.29, 1.82) is 5.26 Å². The minimum atomic E-state index is 0.435. The van der Waals surface area contributed by atoms with E-state index in [2.05, 4.69) is 16.0 Å². The molecule has 4 aromatic heterocycles. The smallest absolute Gasteiger partial charge is 0.105 e. The third-order valence-electron chi connectivity index (χ3n) is 3.07. The molecule has 0 aromatic carbocycles. The molecule has 4 heterocycles. The summed E-state index contributed by atoms with van der Waals surface area (Å²) in [6.07, 6.45) is 3.39. The Hall–Kier alpha value is -2.40. The lowest BCUT2D eigenvalue weighted by Gasteiger charge is -1.97. The molecule has 23 heavy (non-hydrogen) atoms. The molecule has 4 rings (SSSR count). The standard InChI is InChI=1S/C8H6N2S2.C8H4N2S/c9-8(11)5-1-3-10-6-2-4-12-7(5)6;9-5-6-1-3-10-7-2-4-11-8(6)7/h1-4H,(H2,9,11);1-4H. The zero-order valence-corrected chi connectivity index (χ0v) is 14.2. The Morgan fingerprint density at radius 1 is 1.00 bits per heavy atom. The first kappa shape index (κ1) is 15.5. The first-order chi connectivity index (χ1) is 11.2. The minimum absolute atomic E-state index is 0.435. The number of pyridine rings is 2. The highest BCUT2D eigenvalue weighted by Gasteiger charge is 2.04. The van der Waals surface area contributed by atoms with E-state index in [1.54, 1.807) is 41.1 Å². The lowest BCUT2D eigenvalue weighted by molar-refractivity contribution is 1.41. The molecule has 0 aliphatic carbocycles. The van der Waals surface area contributed by atoms with Crippen molar-refractivity contribution in [2.75, 3.05) is 0 Å². The van der Waals surface area contributed by atoms with Crippen LogP contribution >= 0.6 is 34.9 Å². The molecule has 0 saturated heterocycles. The Balaban J connectivity index is 0.000000136. The summed E-state index contributed by atoms with van der Waals surface area (Å²) in [7, 11) is 0. The van der Waals surface area contributed by atoms with Gasteiger partial charge in [-0.15, -0.1) is 22.7 Å². The van der Waals surface area contributed by atoms with Gasteiger partial charge in [0.1, 0.15) is 11.1 Å². The Bertz CT molecular complexity index is 1030. The molecule has 0 atom stereocenters. The topological polar surface area (TPSA) is 75.6 Å². The summed E-state index contributed by atoms with van der Waals surface area (Å²) in [4.78, 5) is 8.72. The number of nitriles is 1. The van der Waals surface area contributed by atoms with Gasteiger partial charge in [0.05, 0.1) is 26.0 Å². The highest BCUT2D eigenvalue weighted by atomic mass is 32.1. The molecular weight excluding hydrogens is 344 g/mol. The fraction of sp³-hybridized carbons (Fsp3) is 0. The molecule has 0 fully saturated rings. The highest BCUT2D eigenvalue weighted by molar-refractivity contribution is 7.80. The molecule has 0 amide bonds. The number of thiophene rings is 2. The molecule has 0 aliphatic heterocycles. The van der Waals surface area contributed by atoms with Crippen molar-refractivity contribution < 1.29 is 0 Å². The second-order valence-corrected chi connectivity index (χ2v) is 6.74. The second-order valence-electron chi connectivity index (χ2n) is 4.46. The van der Waals surface area contributed by atoms with Crippen LogP contribution in [0.15, 0.2) is 47.4 Å². The normalized spacial score (nSPS) is 10.0. The van der Waals surface area contributed by atoms with Crippen LogP contribution in [0.2, 0.25) is 0 Å². The maximum absolute atomic E-state index is 8.68. The molecule has 0 saturated carbocycles. The van der Waals surface area contributed by atoms with Crippen molar-refractivity contribution in [1.82, 2.24) is 9.97 Å². The van der Waals surface area contributed by atoms with Crippen LogP contribution in [0, 0.1) is 11.3 Å². The quantitative estimate of drug-likeness (QED) is 0.521. The Labute approximate surface area is 145 Å². The summed E-state index contributed by atoms with van der Waals surface area (Å²) in [5.41, 5.74) is 9.06. The van der Waals surface area contributed by atoms with Crippen molar-refractivity contribution in [3.05, 3.63) is 58.5 Å². The Kier molecular flexibility index (Phi) is 4.57. The van der Waals surface area contributed by atoms with E-state index in [9.17, 15) is 0 Å². The monoisotopic (exact) mass is 354 g/mol. The van der Waals surface area contributed by atoms with Gasteiger partial charge in [0.2, 0.25) is 0 Å². The van der Waals surface area contributed by atoms with Crippen LogP contribution in [-0.2, 0) is 0 Å². The summed E-state index contributed by atoms with van der Waals surface area (Å²) in [5, 5.41) is 12.6. The lowest BCUT2D eigenvalue weighted by Crippen LogP contribution is -2.09. The van der Waals surface area contributed by atoms with Gasteiger partial charge in [0.25, 0.3) is 0 Å². The Morgan fingerprint density at radius 2 is 1.61 bits per heavy atom. The molecule has 2 N–H and O–H groups in total. The van der Waals surface area contributed by atoms with E-state index in [0.717, 1.165) is 26.0 Å². The third kappa shape index (κ3) is 3.19. The van der Waals surface area contributed by atoms with Gasteiger partial charge in [0, 0.05) is 18.0 Å². The molecule has 7 heteroatoms. The zero-order valence-electron chi connectivity index (χ0n) is 11.8. The van der Waals surface area contributed by atoms with E-state index >= 15 is 0 Å². The van der Waals surface area contributed by atoms with E-state index in [0.29, 0.717) is 10.6 Å². The molecule has 0 aliphatic rings. The van der Waals surface area contributed by atoms with Crippen LogP contribution in [0.5, 0.6) is 0 Å². The van der Waals surface area contributed by atoms with Gasteiger partial charge in [-0.2, -0.15) is 5.26 Å². The van der Waals surface area contributed by atoms with E-state index in [-0.39, 0.29) is 0 Å². The van der Waals surface area contributed by atoms with Gasteiger partial charge in [-0.1, -0.05) is 12.2 Å². The number of hydrogen-bond donors (Lipinski definition) is 1. The number of thiocarbonyl (C=S) groups is 1. The Morgan fingerprint density at radius 3 is 2.26 bits per heavy atom. The molecule has 0 unspecified atom stereocenters. The van der Waals surface area contributed by atoms with Crippen molar-refractivity contribution in [2.24, 2.45) is 5.73 Å².